The summed E-state index contributed by atoms with van der Waals surface area (Å²) in [6.07, 6.45) is -0.0451. The average Bonchev–Trinajstić information content (AvgIpc) is 2.36. The summed E-state index contributed by atoms with van der Waals surface area (Å²) in [4.78, 5) is 10.6. The highest BCUT2D eigenvalue weighted by atomic mass is 16.7. The van der Waals surface area contributed by atoms with E-state index in [4.69, 9.17) is 9.47 Å². The molecule has 1 aliphatic heterocycles. The van der Waals surface area contributed by atoms with E-state index in [0.29, 0.717) is 13.2 Å². The van der Waals surface area contributed by atoms with Crippen molar-refractivity contribution >= 4 is 5.91 Å². The van der Waals surface area contributed by atoms with Crippen LogP contribution in [0.15, 0.2) is 0 Å². The molecular formula is C6H10NO4-. The molecule has 1 aliphatic rings. The quantitative estimate of drug-likeness (QED) is 0.565. The first kappa shape index (κ1) is 8.45. The van der Waals surface area contributed by atoms with Crippen molar-refractivity contribution in [1.82, 2.24) is 5.48 Å². The maximum atomic E-state index is 10.6. The molecule has 0 aliphatic carbocycles. The highest BCUT2D eigenvalue weighted by molar-refractivity contribution is 5.77. The number of hydrogen-bond donors (Lipinski definition) is 1. The van der Waals surface area contributed by atoms with E-state index in [2.05, 4.69) is 0 Å². The second kappa shape index (κ2) is 3.17. The summed E-state index contributed by atoms with van der Waals surface area (Å²) in [5.41, 5.74) is 1.27. The molecule has 0 aromatic rings. The van der Waals surface area contributed by atoms with Gasteiger partial charge in [-0.2, -0.15) is 0 Å². The lowest BCUT2D eigenvalue weighted by Crippen LogP contribution is -2.33. The highest BCUT2D eigenvalue weighted by Gasteiger charge is 2.32. The van der Waals surface area contributed by atoms with Crippen LogP contribution in [0, 0.1) is 5.21 Å². The first-order valence-corrected chi connectivity index (χ1v) is 3.35. The van der Waals surface area contributed by atoms with Gasteiger partial charge < -0.3 is 20.2 Å². The van der Waals surface area contributed by atoms with Crippen LogP contribution in [-0.4, -0.2) is 24.9 Å². The summed E-state index contributed by atoms with van der Waals surface area (Å²) in [6.45, 7) is 2.58. The predicted molar refractivity (Wildman–Crippen MR) is 36.4 cm³/mol. The van der Waals surface area contributed by atoms with Gasteiger partial charge in [0.1, 0.15) is 0 Å². The number of hydrogen-bond acceptors (Lipinski definition) is 4. The topological polar surface area (TPSA) is 70.6 Å². The minimum atomic E-state index is -0.894. The third-order valence-electron chi connectivity index (χ3n) is 1.49. The van der Waals surface area contributed by atoms with Gasteiger partial charge in [0.25, 0.3) is 0 Å². The Kier molecular flexibility index (Phi) is 2.43. The lowest BCUT2D eigenvalue weighted by Gasteiger charge is -2.22. The van der Waals surface area contributed by atoms with E-state index >= 15 is 0 Å². The number of hydroxylamine groups is 1. The number of amides is 1. The molecular weight excluding hydrogens is 150 g/mol. The monoisotopic (exact) mass is 160 g/mol. The third kappa shape index (κ3) is 2.14. The van der Waals surface area contributed by atoms with Crippen LogP contribution in [0.25, 0.3) is 0 Å². The molecule has 0 spiro atoms. The first-order valence-electron chi connectivity index (χ1n) is 3.35. The molecule has 1 rings (SSSR count). The largest absolute Gasteiger partial charge is 0.759 e. The molecule has 0 unspecified atom stereocenters. The predicted octanol–water partition coefficient (Wildman–Crippen LogP) is -0.246. The summed E-state index contributed by atoms with van der Waals surface area (Å²) >= 11 is 0. The molecule has 0 saturated carbocycles. The van der Waals surface area contributed by atoms with E-state index in [1.807, 2.05) is 0 Å². The van der Waals surface area contributed by atoms with E-state index in [-0.39, 0.29) is 6.42 Å². The summed E-state index contributed by atoms with van der Waals surface area (Å²) in [5.74, 6) is -1.51. The van der Waals surface area contributed by atoms with Crippen LogP contribution < -0.4 is 5.48 Å². The fraction of sp³-hybridized carbons (Fsp3) is 0.833. The summed E-state index contributed by atoms with van der Waals surface area (Å²) in [5, 5.41) is 9.85. The van der Waals surface area contributed by atoms with Gasteiger partial charge in [-0.25, -0.2) is 0 Å². The minimum absolute atomic E-state index is 0.0451. The van der Waals surface area contributed by atoms with Gasteiger partial charge in [-0.3, -0.25) is 4.79 Å². The van der Waals surface area contributed by atoms with Crippen molar-refractivity contribution in [2.24, 2.45) is 0 Å². The van der Waals surface area contributed by atoms with Crippen molar-refractivity contribution in [3.8, 4) is 0 Å². The van der Waals surface area contributed by atoms with Crippen LogP contribution >= 0.6 is 0 Å². The zero-order chi connectivity index (χ0) is 8.32. The maximum Gasteiger partial charge on any atom is 0.214 e. The number of rotatable bonds is 2. The third-order valence-corrected chi connectivity index (χ3v) is 1.49. The molecule has 1 heterocycles. The molecule has 11 heavy (non-hydrogen) atoms. The molecule has 1 N–H and O–H groups in total. The SMILES string of the molecule is CC1(CC(=O)N[O-])OCCO1. The fourth-order valence-electron chi connectivity index (χ4n) is 0.987. The lowest BCUT2D eigenvalue weighted by molar-refractivity contribution is -0.159. The molecule has 0 aromatic heterocycles. The van der Waals surface area contributed by atoms with Gasteiger partial charge in [0.2, 0.25) is 5.91 Å². The van der Waals surface area contributed by atoms with Gasteiger partial charge in [0.15, 0.2) is 5.79 Å². The first-order chi connectivity index (χ1) is 5.16. The summed E-state index contributed by atoms with van der Waals surface area (Å²) in [7, 11) is 0. The lowest BCUT2D eigenvalue weighted by atomic mass is 10.2. The van der Waals surface area contributed by atoms with Gasteiger partial charge in [-0.1, -0.05) is 0 Å². The van der Waals surface area contributed by atoms with Crippen molar-refractivity contribution in [2.45, 2.75) is 19.1 Å². The molecule has 64 valence electrons. The number of ether oxygens (including phenoxy) is 2. The van der Waals surface area contributed by atoms with Crippen LogP contribution in [0.5, 0.6) is 0 Å². The van der Waals surface area contributed by atoms with E-state index in [0.717, 1.165) is 0 Å². The zero-order valence-electron chi connectivity index (χ0n) is 6.25. The number of carbonyl (C=O) groups excluding carboxylic acids is 1. The van der Waals surface area contributed by atoms with E-state index < -0.39 is 11.7 Å². The van der Waals surface area contributed by atoms with Crippen molar-refractivity contribution < 1.29 is 14.3 Å². The standard InChI is InChI=1S/C6H10NO4/c1-6(4-5(8)7-9)10-2-3-11-6/h2-4H2,1H3,(H-,7,8,9)/q-1. The fourth-order valence-corrected chi connectivity index (χ4v) is 0.987. The molecule has 5 heteroatoms. The Morgan fingerprint density at radius 2 is 2.18 bits per heavy atom. The summed E-state index contributed by atoms with van der Waals surface area (Å²) < 4.78 is 10.2. The molecule has 1 fully saturated rings. The molecule has 0 aromatic carbocycles. The maximum absolute atomic E-state index is 10.6. The molecule has 0 bridgehead atoms. The Balaban J connectivity index is 2.39. The van der Waals surface area contributed by atoms with Crippen molar-refractivity contribution in [3.05, 3.63) is 5.21 Å². The van der Waals surface area contributed by atoms with Crippen molar-refractivity contribution in [2.75, 3.05) is 13.2 Å². The molecule has 1 amide bonds. The van der Waals surface area contributed by atoms with Crippen molar-refractivity contribution in [1.29, 1.82) is 0 Å². The summed E-state index contributed by atoms with van der Waals surface area (Å²) in [6, 6.07) is 0. The van der Waals surface area contributed by atoms with Gasteiger partial charge in [-0.15, -0.1) is 0 Å². The molecule has 0 radical (unpaired) electrons. The van der Waals surface area contributed by atoms with Gasteiger partial charge in [0, 0.05) is 0 Å². The number of nitrogens with one attached hydrogen (secondary N) is 1. The average molecular weight is 160 g/mol. The number of carbonyl (C=O) groups is 1. The van der Waals surface area contributed by atoms with E-state index in [1.54, 1.807) is 6.92 Å². The second-order valence-electron chi connectivity index (χ2n) is 2.53. The Hall–Kier alpha value is -0.650. The Morgan fingerprint density at radius 3 is 2.64 bits per heavy atom. The molecule has 5 nitrogen and oxygen atoms in total. The smallest absolute Gasteiger partial charge is 0.214 e. The van der Waals surface area contributed by atoms with Gasteiger partial charge in [-0.05, 0) is 6.92 Å². The van der Waals surface area contributed by atoms with Crippen LogP contribution in [0.4, 0.5) is 0 Å². The normalized spacial score (nSPS) is 21.6. The van der Waals surface area contributed by atoms with Crippen LogP contribution in [-0.2, 0) is 14.3 Å². The molecule has 1 saturated heterocycles. The van der Waals surface area contributed by atoms with E-state index in [1.165, 1.54) is 5.48 Å². The van der Waals surface area contributed by atoms with Gasteiger partial charge in [0.05, 0.1) is 19.6 Å². The van der Waals surface area contributed by atoms with Crippen LogP contribution in [0.3, 0.4) is 0 Å². The second-order valence-corrected chi connectivity index (χ2v) is 2.53. The van der Waals surface area contributed by atoms with Crippen LogP contribution in [0.1, 0.15) is 13.3 Å². The van der Waals surface area contributed by atoms with Crippen LogP contribution in [0.2, 0.25) is 0 Å². The Morgan fingerprint density at radius 1 is 1.64 bits per heavy atom. The molecule has 0 atom stereocenters. The minimum Gasteiger partial charge on any atom is -0.759 e. The highest BCUT2D eigenvalue weighted by Crippen LogP contribution is 2.21. The van der Waals surface area contributed by atoms with Gasteiger partial charge >= 0.3 is 0 Å². The Labute approximate surface area is 64.2 Å². The van der Waals surface area contributed by atoms with E-state index in [9.17, 15) is 10.0 Å². The zero-order valence-corrected chi connectivity index (χ0v) is 6.25. The Bertz CT molecular complexity index is 153. The van der Waals surface area contributed by atoms with Crippen molar-refractivity contribution in [3.63, 3.8) is 0 Å².